The van der Waals surface area contributed by atoms with Crippen LogP contribution in [0.5, 0.6) is 0 Å². The van der Waals surface area contributed by atoms with Crippen LogP contribution in [0.2, 0.25) is 0 Å². The number of nitriles is 1. The Morgan fingerprint density at radius 3 is 2.70 bits per heavy atom. The lowest BCUT2D eigenvalue weighted by Gasteiger charge is -2.42. The van der Waals surface area contributed by atoms with Crippen LogP contribution in [0.3, 0.4) is 0 Å². The number of anilines is 1. The van der Waals surface area contributed by atoms with Gasteiger partial charge in [0.15, 0.2) is 0 Å². The molecule has 0 saturated carbocycles. The van der Waals surface area contributed by atoms with E-state index in [1.807, 2.05) is 18.2 Å². The lowest BCUT2D eigenvalue weighted by molar-refractivity contribution is 0.114. The van der Waals surface area contributed by atoms with Gasteiger partial charge < -0.3 is 10.0 Å². The van der Waals surface area contributed by atoms with Crippen molar-refractivity contribution in [3.8, 4) is 6.07 Å². The molecule has 2 atom stereocenters. The summed E-state index contributed by atoms with van der Waals surface area (Å²) in [6, 6.07) is 10.2. The van der Waals surface area contributed by atoms with E-state index in [0.717, 1.165) is 29.8 Å². The summed E-state index contributed by atoms with van der Waals surface area (Å²) in [7, 11) is 0. The number of benzene rings is 1. The number of alkyl halides is 1. The Balaban J connectivity index is 2.01. The fraction of sp³-hybridized carbons (Fsp3) is 0.500. The summed E-state index contributed by atoms with van der Waals surface area (Å²) in [5, 5.41) is 17.8. The van der Waals surface area contributed by atoms with Crippen molar-refractivity contribution in [2.45, 2.75) is 11.4 Å². The number of hydrogen-bond acceptors (Lipinski definition) is 4. The monoisotopic (exact) mass is 357 g/mol. The number of aliphatic hydroxyl groups is 1. The first-order valence-electron chi connectivity index (χ1n) is 6.53. The minimum absolute atomic E-state index is 0.0157. The van der Waals surface area contributed by atoms with Crippen molar-refractivity contribution in [3.05, 3.63) is 28.7 Å². The first kappa shape index (κ1) is 15.6. The van der Waals surface area contributed by atoms with E-state index in [2.05, 4.69) is 37.9 Å². The summed E-state index contributed by atoms with van der Waals surface area (Å²) in [4.78, 5) is 4.34. The van der Waals surface area contributed by atoms with Crippen LogP contribution in [0.25, 0.3) is 0 Å². The number of piperazine rings is 1. The highest BCUT2D eigenvalue weighted by Crippen LogP contribution is 2.22. The second-order valence-corrected chi connectivity index (χ2v) is 6.29. The first-order chi connectivity index (χ1) is 9.63. The van der Waals surface area contributed by atoms with Crippen molar-refractivity contribution >= 4 is 33.2 Å². The van der Waals surface area contributed by atoms with Crippen molar-refractivity contribution in [1.29, 1.82) is 5.26 Å². The molecular formula is C14H17BrClN3O. The second-order valence-electron chi connectivity index (χ2n) is 4.85. The highest BCUT2D eigenvalue weighted by Gasteiger charge is 2.27. The molecule has 1 aliphatic heterocycles. The standard InChI is InChI=1S/C14H17BrClN3O/c15-11-1-3-13(4-2-11)19-6-5-18(8-12(16)7-17)14(9-19)10-20/h1-4,12,14,20H,5-6,8-10H2/t12?,14-/m1/s1. The van der Waals surface area contributed by atoms with Gasteiger partial charge in [-0.25, -0.2) is 0 Å². The summed E-state index contributed by atoms with van der Waals surface area (Å²) >= 11 is 9.32. The Kier molecular flexibility index (Phi) is 5.67. The Bertz CT molecular complexity index is 476. The van der Waals surface area contributed by atoms with E-state index in [0.29, 0.717) is 6.54 Å². The summed E-state index contributed by atoms with van der Waals surface area (Å²) in [5.41, 5.74) is 1.15. The van der Waals surface area contributed by atoms with E-state index in [-0.39, 0.29) is 12.6 Å². The molecule has 1 heterocycles. The van der Waals surface area contributed by atoms with Crippen molar-refractivity contribution in [1.82, 2.24) is 4.90 Å². The van der Waals surface area contributed by atoms with Crippen LogP contribution in [0, 0.1) is 11.3 Å². The molecule has 1 unspecified atom stereocenters. The van der Waals surface area contributed by atoms with E-state index in [4.69, 9.17) is 16.9 Å². The fourth-order valence-corrected chi connectivity index (χ4v) is 2.88. The van der Waals surface area contributed by atoms with E-state index in [1.165, 1.54) is 0 Å². The van der Waals surface area contributed by atoms with Crippen LogP contribution in [0.1, 0.15) is 0 Å². The van der Waals surface area contributed by atoms with Gasteiger partial charge in [-0.3, -0.25) is 4.90 Å². The predicted octanol–water partition coefficient (Wildman–Crippen LogP) is 2.06. The smallest absolute Gasteiger partial charge is 0.133 e. The molecule has 0 radical (unpaired) electrons. The molecular weight excluding hydrogens is 342 g/mol. The van der Waals surface area contributed by atoms with Gasteiger partial charge in [-0.15, -0.1) is 11.6 Å². The minimum atomic E-state index is -0.525. The Hall–Kier alpha value is -0.800. The Morgan fingerprint density at radius 1 is 1.40 bits per heavy atom. The molecule has 1 N–H and O–H groups in total. The van der Waals surface area contributed by atoms with Gasteiger partial charge in [-0.1, -0.05) is 15.9 Å². The SMILES string of the molecule is N#CC(Cl)CN1CCN(c2ccc(Br)cc2)C[C@@H]1CO. The topological polar surface area (TPSA) is 50.5 Å². The molecule has 1 aromatic carbocycles. The molecule has 1 fully saturated rings. The molecule has 4 nitrogen and oxygen atoms in total. The molecule has 2 rings (SSSR count). The van der Waals surface area contributed by atoms with Crippen LogP contribution in [-0.2, 0) is 0 Å². The molecule has 6 heteroatoms. The molecule has 1 aromatic rings. The zero-order valence-electron chi connectivity index (χ0n) is 11.0. The number of rotatable bonds is 4. The Labute approximate surface area is 132 Å². The second kappa shape index (κ2) is 7.28. The van der Waals surface area contributed by atoms with Gasteiger partial charge in [-0.2, -0.15) is 5.26 Å². The van der Waals surface area contributed by atoms with E-state index in [1.54, 1.807) is 0 Å². The van der Waals surface area contributed by atoms with Crippen LogP contribution in [0.4, 0.5) is 5.69 Å². The zero-order valence-corrected chi connectivity index (χ0v) is 13.4. The molecule has 0 aromatic heterocycles. The average molecular weight is 359 g/mol. The molecule has 1 aliphatic rings. The van der Waals surface area contributed by atoms with Crippen LogP contribution >= 0.6 is 27.5 Å². The van der Waals surface area contributed by atoms with Gasteiger partial charge in [-0.05, 0) is 24.3 Å². The first-order valence-corrected chi connectivity index (χ1v) is 7.76. The van der Waals surface area contributed by atoms with Crippen LogP contribution < -0.4 is 4.90 Å². The summed E-state index contributed by atoms with van der Waals surface area (Å²) in [6.45, 7) is 2.98. The highest BCUT2D eigenvalue weighted by molar-refractivity contribution is 9.10. The van der Waals surface area contributed by atoms with Crippen LogP contribution in [0.15, 0.2) is 28.7 Å². The molecule has 0 bridgehead atoms. The number of aliphatic hydroxyl groups excluding tert-OH is 1. The van der Waals surface area contributed by atoms with Gasteiger partial charge in [0.1, 0.15) is 5.38 Å². The molecule has 0 aliphatic carbocycles. The summed E-state index contributed by atoms with van der Waals surface area (Å²) in [6.07, 6.45) is 0. The maximum Gasteiger partial charge on any atom is 0.133 e. The van der Waals surface area contributed by atoms with Crippen molar-refractivity contribution in [3.63, 3.8) is 0 Å². The van der Waals surface area contributed by atoms with Crippen molar-refractivity contribution in [2.75, 3.05) is 37.7 Å². The Morgan fingerprint density at radius 2 is 2.10 bits per heavy atom. The van der Waals surface area contributed by atoms with Gasteiger partial charge >= 0.3 is 0 Å². The predicted molar refractivity (Wildman–Crippen MR) is 84.1 cm³/mol. The maximum absolute atomic E-state index is 9.55. The van der Waals surface area contributed by atoms with Gasteiger partial charge in [0.2, 0.25) is 0 Å². The lowest BCUT2D eigenvalue weighted by atomic mass is 10.1. The number of nitrogens with zero attached hydrogens (tertiary/aromatic N) is 3. The van der Waals surface area contributed by atoms with E-state index >= 15 is 0 Å². The minimum Gasteiger partial charge on any atom is -0.395 e. The molecule has 0 spiro atoms. The quantitative estimate of drug-likeness (QED) is 0.837. The summed E-state index contributed by atoms with van der Waals surface area (Å²) in [5.74, 6) is 0. The van der Waals surface area contributed by atoms with Gasteiger partial charge in [0.05, 0.1) is 18.7 Å². The molecule has 1 saturated heterocycles. The molecule has 20 heavy (non-hydrogen) atoms. The zero-order chi connectivity index (χ0) is 14.5. The number of halogens is 2. The summed E-state index contributed by atoms with van der Waals surface area (Å²) < 4.78 is 1.05. The molecule has 108 valence electrons. The number of hydrogen-bond donors (Lipinski definition) is 1. The third-order valence-corrected chi connectivity index (χ3v) is 4.31. The maximum atomic E-state index is 9.55. The van der Waals surface area contributed by atoms with Crippen LogP contribution in [-0.4, -0.2) is 54.2 Å². The van der Waals surface area contributed by atoms with Crippen molar-refractivity contribution < 1.29 is 5.11 Å². The van der Waals surface area contributed by atoms with E-state index < -0.39 is 5.38 Å². The largest absolute Gasteiger partial charge is 0.395 e. The van der Waals surface area contributed by atoms with Gasteiger partial charge in [0, 0.05) is 36.3 Å². The fourth-order valence-electron chi connectivity index (χ4n) is 2.44. The highest BCUT2D eigenvalue weighted by atomic mass is 79.9. The third-order valence-electron chi connectivity index (χ3n) is 3.54. The van der Waals surface area contributed by atoms with E-state index in [9.17, 15) is 5.11 Å². The van der Waals surface area contributed by atoms with Crippen molar-refractivity contribution in [2.24, 2.45) is 0 Å². The third kappa shape index (κ3) is 3.86. The average Bonchev–Trinajstić information content (AvgIpc) is 2.48. The molecule has 0 amide bonds. The lowest BCUT2D eigenvalue weighted by Crippen LogP contribution is -2.56. The van der Waals surface area contributed by atoms with Gasteiger partial charge in [0.25, 0.3) is 0 Å². The normalized spacial score (nSPS) is 21.5.